The van der Waals surface area contributed by atoms with Gasteiger partial charge in [-0.2, -0.15) is 0 Å². The van der Waals surface area contributed by atoms with Crippen LogP contribution in [0.5, 0.6) is 0 Å². The number of aliphatic carboxylic acids is 2. The summed E-state index contributed by atoms with van der Waals surface area (Å²) in [5.74, 6) is -8.14. The number of rotatable bonds is 11. The van der Waals surface area contributed by atoms with Crippen LogP contribution in [-0.4, -0.2) is 124 Å². The third-order valence-electron chi connectivity index (χ3n) is 8.08. The quantitative estimate of drug-likeness (QED) is 0.104. The molecule has 2 saturated heterocycles. The Morgan fingerprint density at radius 3 is 2.08 bits per heavy atom. The standard InChI is InChI=1S/C31H43N7O11/c32-11-5-4-8-19-28(46)36-20(9-10-25(41)42)31(49)38-16-18(39)13-23(38)30(48)37-22(14-26(43)44)27(45)33-15-24(40)34-21(29(47)35-19)12-17-6-2-1-3-7-17/h1-3,6-7,18-23,39H,4-5,8-16,32H2,(H,33,45)(H,34,40)(H,35,47)(H,36,46)(H,37,48)(H,41,42)(H,43,44)/t18-,19-,20-,21+,22+,23+/m1/s1. The molecule has 0 bridgehead atoms. The van der Waals surface area contributed by atoms with Crippen LogP contribution in [0.4, 0.5) is 0 Å². The van der Waals surface area contributed by atoms with Crippen LogP contribution in [-0.2, 0) is 44.8 Å². The van der Waals surface area contributed by atoms with Crippen molar-refractivity contribution >= 4 is 47.4 Å². The summed E-state index contributed by atoms with van der Waals surface area (Å²) in [4.78, 5) is 104. The smallest absolute Gasteiger partial charge is 0.305 e. The number of nitrogens with zero attached hydrogens (tertiary/aromatic N) is 1. The molecule has 0 aliphatic carbocycles. The summed E-state index contributed by atoms with van der Waals surface area (Å²) in [7, 11) is 0. The van der Waals surface area contributed by atoms with Gasteiger partial charge in [0.25, 0.3) is 0 Å². The second kappa shape index (κ2) is 18.4. The van der Waals surface area contributed by atoms with Gasteiger partial charge in [-0.15, -0.1) is 0 Å². The van der Waals surface area contributed by atoms with Gasteiger partial charge in [0.05, 0.1) is 19.1 Å². The molecule has 1 aromatic rings. The van der Waals surface area contributed by atoms with Crippen LogP contribution in [0.1, 0.15) is 50.5 Å². The molecule has 6 atom stereocenters. The van der Waals surface area contributed by atoms with Gasteiger partial charge in [-0.3, -0.25) is 38.4 Å². The van der Waals surface area contributed by atoms with Crippen molar-refractivity contribution in [3.63, 3.8) is 0 Å². The zero-order chi connectivity index (χ0) is 36.1. The van der Waals surface area contributed by atoms with Crippen LogP contribution in [0.3, 0.4) is 0 Å². The molecule has 10 N–H and O–H groups in total. The summed E-state index contributed by atoms with van der Waals surface area (Å²) in [5, 5.41) is 41.3. The van der Waals surface area contributed by atoms with Crippen LogP contribution in [0, 0.1) is 0 Å². The Kier molecular flexibility index (Phi) is 14.4. The Hall–Kier alpha value is -5.10. The number of nitrogens with one attached hydrogen (secondary N) is 5. The number of hydrogen-bond acceptors (Lipinski definition) is 10. The van der Waals surface area contributed by atoms with Crippen molar-refractivity contribution in [2.45, 2.75) is 87.7 Å². The number of amides is 6. The topological polar surface area (TPSA) is 287 Å². The van der Waals surface area contributed by atoms with E-state index in [0.717, 1.165) is 4.90 Å². The van der Waals surface area contributed by atoms with E-state index in [1.165, 1.54) is 0 Å². The monoisotopic (exact) mass is 689 g/mol. The normalized spacial score (nSPS) is 25.9. The van der Waals surface area contributed by atoms with Crippen molar-refractivity contribution in [3.8, 4) is 0 Å². The van der Waals surface area contributed by atoms with Gasteiger partial charge >= 0.3 is 11.9 Å². The minimum Gasteiger partial charge on any atom is -0.481 e. The van der Waals surface area contributed by atoms with Gasteiger partial charge < -0.3 is 52.5 Å². The lowest BCUT2D eigenvalue weighted by molar-refractivity contribution is -0.145. The summed E-state index contributed by atoms with van der Waals surface area (Å²) >= 11 is 0. The molecular weight excluding hydrogens is 646 g/mol. The molecule has 18 heteroatoms. The van der Waals surface area contributed by atoms with Crippen LogP contribution in [0.15, 0.2) is 30.3 Å². The van der Waals surface area contributed by atoms with Gasteiger partial charge in [-0.1, -0.05) is 30.3 Å². The Morgan fingerprint density at radius 2 is 1.43 bits per heavy atom. The van der Waals surface area contributed by atoms with E-state index in [1.54, 1.807) is 30.3 Å². The van der Waals surface area contributed by atoms with Crippen molar-refractivity contribution in [3.05, 3.63) is 35.9 Å². The zero-order valence-electron chi connectivity index (χ0n) is 26.8. The van der Waals surface area contributed by atoms with E-state index in [0.29, 0.717) is 18.4 Å². The van der Waals surface area contributed by atoms with E-state index in [1.807, 2.05) is 0 Å². The van der Waals surface area contributed by atoms with Gasteiger partial charge in [-0.25, -0.2) is 0 Å². The second-order valence-electron chi connectivity index (χ2n) is 11.9. The molecule has 2 aliphatic heterocycles. The molecule has 1 aromatic carbocycles. The Morgan fingerprint density at radius 1 is 0.776 bits per heavy atom. The highest BCUT2D eigenvalue weighted by molar-refractivity contribution is 5.98. The fourth-order valence-corrected chi connectivity index (χ4v) is 5.58. The average molecular weight is 690 g/mol. The van der Waals surface area contributed by atoms with Gasteiger partial charge in [-0.05, 0) is 37.8 Å². The molecule has 2 aliphatic rings. The molecule has 0 saturated carbocycles. The Balaban J connectivity index is 2.03. The van der Waals surface area contributed by atoms with Gasteiger partial charge in [0.15, 0.2) is 0 Å². The van der Waals surface area contributed by atoms with Crippen LogP contribution in [0.25, 0.3) is 0 Å². The largest absolute Gasteiger partial charge is 0.481 e. The molecule has 268 valence electrons. The maximum atomic E-state index is 13.8. The summed E-state index contributed by atoms with van der Waals surface area (Å²) in [6, 6.07) is 1.44. The Labute approximate surface area is 281 Å². The molecule has 2 fully saturated rings. The highest BCUT2D eigenvalue weighted by Gasteiger charge is 2.43. The molecule has 0 spiro atoms. The molecule has 0 aromatic heterocycles. The second-order valence-corrected chi connectivity index (χ2v) is 11.9. The highest BCUT2D eigenvalue weighted by atomic mass is 16.4. The Bertz CT molecular complexity index is 1390. The number of fused-ring (bicyclic) bond motifs is 1. The molecule has 2 heterocycles. The maximum absolute atomic E-state index is 13.8. The van der Waals surface area contributed by atoms with Crippen molar-refractivity contribution in [1.82, 2.24) is 31.5 Å². The van der Waals surface area contributed by atoms with E-state index >= 15 is 0 Å². The van der Waals surface area contributed by atoms with Crippen molar-refractivity contribution in [2.75, 3.05) is 19.6 Å². The van der Waals surface area contributed by atoms with Crippen LogP contribution >= 0.6 is 0 Å². The number of hydrogen-bond donors (Lipinski definition) is 9. The highest BCUT2D eigenvalue weighted by Crippen LogP contribution is 2.21. The van der Waals surface area contributed by atoms with E-state index in [9.17, 15) is 53.7 Å². The molecule has 18 nitrogen and oxygen atoms in total. The maximum Gasteiger partial charge on any atom is 0.305 e. The molecule has 3 rings (SSSR count). The first-order valence-corrected chi connectivity index (χ1v) is 15.9. The van der Waals surface area contributed by atoms with Crippen LogP contribution in [0.2, 0.25) is 0 Å². The molecule has 49 heavy (non-hydrogen) atoms. The lowest BCUT2D eigenvalue weighted by atomic mass is 10.0. The molecular formula is C31H43N7O11. The average Bonchev–Trinajstić information content (AvgIpc) is 3.45. The third kappa shape index (κ3) is 11.8. The number of aliphatic hydroxyl groups excluding tert-OH is 1. The predicted molar refractivity (Wildman–Crippen MR) is 169 cm³/mol. The SMILES string of the molecule is NCCCC[C@H]1NC(=O)[C@H](Cc2ccccc2)NC(=O)CNC(=O)[C@H](CC(=O)O)NC(=O)[C@@H]2C[C@@H](O)CN2C(=O)[C@@H](CCC(=O)O)NC1=O. The molecule has 0 radical (unpaired) electrons. The fourth-order valence-electron chi connectivity index (χ4n) is 5.58. The number of benzene rings is 1. The summed E-state index contributed by atoms with van der Waals surface area (Å²) in [6.07, 6.45) is -2.51. The predicted octanol–water partition coefficient (Wildman–Crippen LogP) is -3.27. The van der Waals surface area contributed by atoms with Gasteiger partial charge in [0.2, 0.25) is 35.4 Å². The molecule has 0 unspecified atom stereocenters. The number of carboxylic acids is 2. The van der Waals surface area contributed by atoms with Crippen LogP contribution < -0.4 is 32.3 Å². The number of aliphatic hydroxyl groups is 1. The zero-order valence-corrected chi connectivity index (χ0v) is 26.8. The summed E-state index contributed by atoms with van der Waals surface area (Å²) in [6.45, 7) is -0.805. The lowest BCUT2D eigenvalue weighted by Crippen LogP contribution is -2.60. The third-order valence-corrected chi connectivity index (χ3v) is 8.08. The number of carbonyl (C=O) groups excluding carboxylic acids is 6. The summed E-state index contributed by atoms with van der Waals surface area (Å²) in [5.41, 5.74) is 6.26. The minimum atomic E-state index is -1.70. The van der Waals surface area contributed by atoms with Crippen molar-refractivity contribution in [2.24, 2.45) is 5.73 Å². The van der Waals surface area contributed by atoms with Crippen molar-refractivity contribution < 1.29 is 53.7 Å². The number of carbonyl (C=O) groups is 8. The number of nitrogens with two attached hydrogens (primary N) is 1. The number of unbranched alkanes of at least 4 members (excludes halogenated alkanes) is 1. The minimum absolute atomic E-state index is 0.0282. The summed E-state index contributed by atoms with van der Waals surface area (Å²) < 4.78 is 0. The first-order chi connectivity index (χ1) is 23.3. The van der Waals surface area contributed by atoms with Crippen molar-refractivity contribution in [1.29, 1.82) is 0 Å². The van der Waals surface area contributed by atoms with E-state index in [4.69, 9.17) is 5.73 Å². The van der Waals surface area contributed by atoms with E-state index in [-0.39, 0.29) is 32.4 Å². The molecule has 6 amide bonds. The van der Waals surface area contributed by atoms with E-state index < -0.39 is 110 Å². The van der Waals surface area contributed by atoms with Gasteiger partial charge in [0.1, 0.15) is 30.2 Å². The van der Waals surface area contributed by atoms with E-state index in [2.05, 4.69) is 26.6 Å². The number of carboxylic acid groups (broad SMARTS) is 2. The fraction of sp³-hybridized carbons (Fsp3) is 0.548. The first-order valence-electron chi connectivity index (χ1n) is 15.9. The first kappa shape index (κ1) is 38.3. The van der Waals surface area contributed by atoms with Gasteiger partial charge in [0, 0.05) is 25.8 Å². The lowest BCUT2D eigenvalue weighted by Gasteiger charge is -2.31.